The lowest BCUT2D eigenvalue weighted by atomic mass is 9.89. The first-order valence-electron chi connectivity index (χ1n) is 9.02. The molecule has 1 aliphatic heterocycles. The predicted octanol–water partition coefficient (Wildman–Crippen LogP) is 2.38. The van der Waals surface area contributed by atoms with Gasteiger partial charge in [0.1, 0.15) is 5.54 Å². The maximum atomic E-state index is 12.7. The molecule has 0 spiro atoms. The Balaban J connectivity index is 1.78. The average Bonchev–Trinajstić information content (AvgIpc) is 3.15. The van der Waals surface area contributed by atoms with Crippen LogP contribution >= 0.6 is 0 Å². The van der Waals surface area contributed by atoms with Crippen molar-refractivity contribution in [1.29, 1.82) is 0 Å². The maximum absolute atomic E-state index is 12.7. The number of hydrogen-bond donors (Lipinski definition) is 2. The van der Waals surface area contributed by atoms with Crippen molar-refractivity contribution in [2.24, 2.45) is 0 Å². The molecule has 2 fully saturated rings. The Bertz CT molecular complexity index is 662. The van der Waals surface area contributed by atoms with Gasteiger partial charge in [-0.3, -0.25) is 4.79 Å². The number of carbonyl (C=O) groups is 2. The summed E-state index contributed by atoms with van der Waals surface area (Å²) in [4.78, 5) is 24.4. The van der Waals surface area contributed by atoms with Gasteiger partial charge in [-0.05, 0) is 43.9 Å². The summed E-state index contributed by atoms with van der Waals surface area (Å²) < 4.78 is 16.6. The van der Waals surface area contributed by atoms with Gasteiger partial charge in [0.15, 0.2) is 11.5 Å². The fraction of sp³-hybridized carbons (Fsp3) is 0.579. The molecule has 3 rings (SSSR count). The Morgan fingerprint density at radius 2 is 1.88 bits per heavy atom. The first-order valence-corrected chi connectivity index (χ1v) is 9.02. The Morgan fingerprint density at radius 3 is 2.50 bits per heavy atom. The monoisotopic (exact) mass is 363 g/mol. The second-order valence-corrected chi connectivity index (χ2v) is 6.84. The number of amides is 1. The van der Waals surface area contributed by atoms with E-state index in [1.54, 1.807) is 25.3 Å². The minimum Gasteiger partial charge on any atom is -0.493 e. The third-order valence-electron chi connectivity index (χ3n) is 5.13. The topological polar surface area (TPSA) is 94.1 Å². The molecule has 0 radical (unpaired) electrons. The molecule has 1 saturated heterocycles. The third kappa shape index (κ3) is 3.93. The Morgan fingerprint density at radius 1 is 1.19 bits per heavy atom. The number of ether oxygens (including phenoxy) is 3. The molecule has 7 nitrogen and oxygen atoms in total. The first kappa shape index (κ1) is 18.5. The summed E-state index contributed by atoms with van der Waals surface area (Å²) in [6.07, 6.45) is 4.87. The molecule has 26 heavy (non-hydrogen) atoms. The van der Waals surface area contributed by atoms with Crippen molar-refractivity contribution in [1.82, 2.24) is 5.32 Å². The van der Waals surface area contributed by atoms with Crippen LogP contribution in [0.25, 0.3) is 0 Å². The van der Waals surface area contributed by atoms with E-state index in [0.717, 1.165) is 25.7 Å². The highest BCUT2D eigenvalue weighted by Crippen LogP contribution is 2.33. The predicted molar refractivity (Wildman–Crippen MR) is 93.8 cm³/mol. The zero-order valence-electron chi connectivity index (χ0n) is 15.0. The Hall–Kier alpha value is -2.28. The smallest absolute Gasteiger partial charge is 0.329 e. The van der Waals surface area contributed by atoms with Crippen LogP contribution in [0.4, 0.5) is 0 Å². The van der Waals surface area contributed by atoms with Crippen molar-refractivity contribution >= 4 is 11.9 Å². The number of carbonyl (C=O) groups excluding carboxylic acids is 1. The molecule has 0 bridgehead atoms. The van der Waals surface area contributed by atoms with Gasteiger partial charge < -0.3 is 24.6 Å². The quantitative estimate of drug-likeness (QED) is 0.806. The molecule has 7 heteroatoms. The highest BCUT2D eigenvalue weighted by atomic mass is 16.5. The van der Waals surface area contributed by atoms with Gasteiger partial charge in [-0.1, -0.05) is 0 Å². The second-order valence-electron chi connectivity index (χ2n) is 6.84. The van der Waals surface area contributed by atoms with Gasteiger partial charge in [0.05, 0.1) is 13.2 Å². The number of hydrogen-bond acceptors (Lipinski definition) is 5. The van der Waals surface area contributed by atoms with E-state index in [1.165, 1.54) is 0 Å². The summed E-state index contributed by atoms with van der Waals surface area (Å²) in [5.41, 5.74) is -0.937. The molecule has 1 aromatic carbocycles. The van der Waals surface area contributed by atoms with E-state index >= 15 is 0 Å². The lowest BCUT2D eigenvalue weighted by molar-refractivity contribution is -0.148. The lowest BCUT2D eigenvalue weighted by Gasteiger charge is -2.33. The molecular weight excluding hydrogens is 338 g/mol. The number of nitrogens with one attached hydrogen (secondary N) is 1. The van der Waals surface area contributed by atoms with Crippen molar-refractivity contribution in [2.75, 3.05) is 20.3 Å². The normalized spacial score (nSPS) is 19.7. The number of carboxylic acid groups (broad SMARTS) is 1. The van der Waals surface area contributed by atoms with Crippen LogP contribution in [0, 0.1) is 0 Å². The van der Waals surface area contributed by atoms with Crippen LogP contribution in [-0.2, 0) is 9.53 Å². The van der Waals surface area contributed by atoms with E-state index < -0.39 is 17.4 Å². The van der Waals surface area contributed by atoms with Crippen molar-refractivity contribution < 1.29 is 28.9 Å². The molecule has 1 heterocycles. The molecule has 1 saturated carbocycles. The number of rotatable bonds is 6. The summed E-state index contributed by atoms with van der Waals surface area (Å²) in [6.45, 7) is 0.621. The van der Waals surface area contributed by atoms with Gasteiger partial charge in [-0.15, -0.1) is 0 Å². The lowest BCUT2D eigenvalue weighted by Crippen LogP contribution is -2.57. The summed E-state index contributed by atoms with van der Waals surface area (Å²) in [7, 11) is 1.55. The number of aliphatic carboxylic acids is 1. The number of methoxy groups -OCH3 is 1. The van der Waals surface area contributed by atoms with Crippen LogP contribution < -0.4 is 14.8 Å². The van der Waals surface area contributed by atoms with Crippen LogP contribution in [-0.4, -0.2) is 48.9 Å². The molecule has 1 aromatic rings. The van der Waals surface area contributed by atoms with E-state index in [4.69, 9.17) is 14.2 Å². The van der Waals surface area contributed by atoms with Crippen molar-refractivity contribution in [2.45, 2.75) is 50.2 Å². The minimum atomic E-state index is -1.29. The zero-order chi connectivity index (χ0) is 18.6. The standard InChI is InChI=1S/C19H25NO6/c1-24-15-7-6-13(12-16(15)26-14-4-2-3-5-14)17(21)20-19(18(22)23)8-10-25-11-9-19/h6-7,12,14H,2-5,8-11H2,1H3,(H,20,21)(H,22,23). The number of carboxylic acids is 1. The van der Waals surface area contributed by atoms with Crippen LogP contribution in [0.3, 0.4) is 0 Å². The zero-order valence-corrected chi connectivity index (χ0v) is 15.0. The van der Waals surface area contributed by atoms with Crippen LogP contribution in [0.15, 0.2) is 18.2 Å². The fourth-order valence-corrected chi connectivity index (χ4v) is 3.50. The van der Waals surface area contributed by atoms with Crippen molar-refractivity contribution in [3.63, 3.8) is 0 Å². The number of benzene rings is 1. The Labute approximate surface area is 152 Å². The largest absolute Gasteiger partial charge is 0.493 e. The second kappa shape index (κ2) is 7.95. The molecule has 142 valence electrons. The van der Waals surface area contributed by atoms with Crippen molar-refractivity contribution in [3.05, 3.63) is 23.8 Å². The van der Waals surface area contributed by atoms with Gasteiger partial charge >= 0.3 is 5.97 Å². The molecular formula is C19H25NO6. The van der Waals surface area contributed by atoms with Gasteiger partial charge in [0.25, 0.3) is 5.91 Å². The van der Waals surface area contributed by atoms with Gasteiger partial charge in [0.2, 0.25) is 0 Å². The molecule has 0 atom stereocenters. The van der Waals surface area contributed by atoms with E-state index in [0.29, 0.717) is 30.3 Å². The molecule has 1 amide bonds. The highest BCUT2D eigenvalue weighted by Gasteiger charge is 2.41. The van der Waals surface area contributed by atoms with Gasteiger partial charge in [0, 0.05) is 31.6 Å². The van der Waals surface area contributed by atoms with Crippen LogP contribution in [0.2, 0.25) is 0 Å². The van der Waals surface area contributed by atoms with E-state index in [2.05, 4.69) is 5.32 Å². The molecule has 0 unspecified atom stereocenters. The summed E-state index contributed by atoms with van der Waals surface area (Å²) in [5, 5.41) is 12.3. The summed E-state index contributed by atoms with van der Waals surface area (Å²) >= 11 is 0. The molecule has 2 aliphatic rings. The van der Waals surface area contributed by atoms with Gasteiger partial charge in [-0.25, -0.2) is 4.79 Å². The third-order valence-corrected chi connectivity index (χ3v) is 5.13. The van der Waals surface area contributed by atoms with Crippen LogP contribution in [0.5, 0.6) is 11.5 Å². The van der Waals surface area contributed by atoms with E-state index in [1.807, 2.05) is 0 Å². The fourth-order valence-electron chi connectivity index (χ4n) is 3.50. The Kier molecular flexibility index (Phi) is 5.66. The molecule has 1 aliphatic carbocycles. The van der Waals surface area contributed by atoms with Gasteiger partial charge in [-0.2, -0.15) is 0 Å². The average molecular weight is 363 g/mol. The van der Waals surface area contributed by atoms with Crippen molar-refractivity contribution in [3.8, 4) is 11.5 Å². The summed E-state index contributed by atoms with van der Waals surface area (Å²) in [5.74, 6) is -0.394. The summed E-state index contributed by atoms with van der Waals surface area (Å²) in [6, 6.07) is 4.92. The maximum Gasteiger partial charge on any atom is 0.329 e. The molecule has 0 aromatic heterocycles. The van der Waals surface area contributed by atoms with E-state index in [-0.39, 0.29) is 18.9 Å². The highest BCUT2D eigenvalue weighted by molar-refractivity contribution is 5.98. The van der Waals surface area contributed by atoms with E-state index in [9.17, 15) is 14.7 Å². The van der Waals surface area contributed by atoms with Crippen LogP contribution in [0.1, 0.15) is 48.9 Å². The first-order chi connectivity index (χ1) is 12.5. The molecule has 2 N–H and O–H groups in total. The SMILES string of the molecule is COc1ccc(C(=O)NC2(C(=O)O)CCOCC2)cc1OC1CCCC1. The minimum absolute atomic E-state index is 0.128.